The molecule has 0 saturated carbocycles. The highest BCUT2D eigenvalue weighted by Gasteiger charge is 2.09. The van der Waals surface area contributed by atoms with Crippen molar-refractivity contribution in [2.45, 2.75) is 20.3 Å². The fourth-order valence-corrected chi connectivity index (χ4v) is 3.61. The smallest absolute Gasteiger partial charge is 0.204 e. The highest BCUT2D eigenvalue weighted by Crippen LogP contribution is 2.35. The largest absolute Gasteiger partial charge is 0.253 e. The summed E-state index contributed by atoms with van der Waals surface area (Å²) in [4.78, 5) is 4.61. The van der Waals surface area contributed by atoms with Gasteiger partial charge in [0.15, 0.2) is 0 Å². The van der Waals surface area contributed by atoms with E-state index in [9.17, 15) is 0 Å². The Morgan fingerprint density at radius 3 is 2.73 bits per heavy atom. The van der Waals surface area contributed by atoms with E-state index in [2.05, 4.69) is 74.8 Å². The standard InChI is InChI=1S/C17H16BrN3S/c1-3-11(2)20-21-17-19-16-14(18)9-13(10-15(16)22-17)12-7-5-4-6-8-12/h4-10H,3H2,1-2H3,(H,19,21)/b20-11-. The fourth-order valence-electron chi connectivity index (χ4n) is 2.06. The van der Waals surface area contributed by atoms with Crippen LogP contribution in [0.2, 0.25) is 0 Å². The van der Waals surface area contributed by atoms with Gasteiger partial charge in [-0.1, -0.05) is 48.6 Å². The summed E-state index contributed by atoms with van der Waals surface area (Å²) in [6.07, 6.45) is 0.930. The molecule has 5 heteroatoms. The Bertz CT molecular complexity index is 825. The highest BCUT2D eigenvalue weighted by atomic mass is 79.9. The first kappa shape index (κ1) is 15.2. The van der Waals surface area contributed by atoms with Gasteiger partial charge in [0.05, 0.1) is 10.2 Å². The third-order valence-corrected chi connectivity index (χ3v) is 4.92. The van der Waals surface area contributed by atoms with E-state index in [1.807, 2.05) is 13.0 Å². The lowest BCUT2D eigenvalue weighted by Gasteiger charge is -2.02. The number of nitrogens with one attached hydrogen (secondary N) is 1. The van der Waals surface area contributed by atoms with Gasteiger partial charge in [0.1, 0.15) is 0 Å². The molecule has 0 bridgehead atoms. The number of rotatable bonds is 4. The summed E-state index contributed by atoms with van der Waals surface area (Å²) in [5.74, 6) is 0. The molecule has 1 N–H and O–H groups in total. The highest BCUT2D eigenvalue weighted by molar-refractivity contribution is 9.10. The van der Waals surface area contributed by atoms with Crippen LogP contribution in [0.4, 0.5) is 5.13 Å². The van der Waals surface area contributed by atoms with Gasteiger partial charge < -0.3 is 0 Å². The lowest BCUT2D eigenvalue weighted by atomic mass is 10.1. The van der Waals surface area contributed by atoms with Gasteiger partial charge in [0.25, 0.3) is 0 Å². The molecule has 0 saturated heterocycles. The fraction of sp³-hybridized carbons (Fsp3) is 0.176. The van der Waals surface area contributed by atoms with Crippen LogP contribution in [-0.4, -0.2) is 10.7 Å². The van der Waals surface area contributed by atoms with E-state index in [1.165, 1.54) is 11.1 Å². The maximum atomic E-state index is 4.61. The minimum Gasteiger partial charge on any atom is -0.253 e. The van der Waals surface area contributed by atoms with Crippen molar-refractivity contribution in [3.8, 4) is 11.1 Å². The van der Waals surface area contributed by atoms with Crippen LogP contribution in [0.15, 0.2) is 52.0 Å². The van der Waals surface area contributed by atoms with Crippen LogP contribution < -0.4 is 5.43 Å². The summed E-state index contributed by atoms with van der Waals surface area (Å²) in [6, 6.07) is 14.6. The van der Waals surface area contributed by atoms with Crippen LogP contribution >= 0.6 is 27.3 Å². The number of hydrazone groups is 1. The molecule has 0 fully saturated rings. The number of hydrogen-bond acceptors (Lipinski definition) is 4. The monoisotopic (exact) mass is 373 g/mol. The molecule has 3 aromatic rings. The Morgan fingerprint density at radius 2 is 2.00 bits per heavy atom. The van der Waals surface area contributed by atoms with Crippen molar-refractivity contribution in [3.63, 3.8) is 0 Å². The normalized spacial score (nSPS) is 11.9. The lowest BCUT2D eigenvalue weighted by Crippen LogP contribution is -1.94. The molecule has 3 rings (SSSR count). The van der Waals surface area contributed by atoms with Crippen LogP contribution in [0, 0.1) is 0 Å². The zero-order valence-electron chi connectivity index (χ0n) is 12.4. The third kappa shape index (κ3) is 3.20. The molecule has 0 aliphatic carbocycles. The molecule has 22 heavy (non-hydrogen) atoms. The van der Waals surface area contributed by atoms with E-state index in [4.69, 9.17) is 0 Å². The number of halogens is 1. The zero-order valence-corrected chi connectivity index (χ0v) is 14.8. The van der Waals surface area contributed by atoms with E-state index in [1.54, 1.807) is 11.3 Å². The zero-order chi connectivity index (χ0) is 15.5. The molecule has 0 aliphatic rings. The third-order valence-electron chi connectivity index (χ3n) is 3.41. The van der Waals surface area contributed by atoms with Crippen molar-refractivity contribution in [3.05, 3.63) is 46.9 Å². The van der Waals surface area contributed by atoms with Gasteiger partial charge in [0.2, 0.25) is 5.13 Å². The number of thiazole rings is 1. The van der Waals surface area contributed by atoms with Crippen molar-refractivity contribution in [2.24, 2.45) is 5.10 Å². The molecule has 0 atom stereocenters. The van der Waals surface area contributed by atoms with Crippen LogP contribution in [0.25, 0.3) is 21.3 Å². The molecule has 0 aliphatic heterocycles. The second-order valence-electron chi connectivity index (χ2n) is 5.00. The van der Waals surface area contributed by atoms with Crippen LogP contribution in [0.3, 0.4) is 0 Å². The van der Waals surface area contributed by atoms with Crippen molar-refractivity contribution in [1.29, 1.82) is 0 Å². The van der Waals surface area contributed by atoms with Gasteiger partial charge >= 0.3 is 0 Å². The number of anilines is 1. The van der Waals surface area contributed by atoms with E-state index in [-0.39, 0.29) is 0 Å². The summed E-state index contributed by atoms with van der Waals surface area (Å²) < 4.78 is 2.14. The number of benzene rings is 2. The Morgan fingerprint density at radius 1 is 1.23 bits per heavy atom. The maximum Gasteiger partial charge on any atom is 0.204 e. The quantitative estimate of drug-likeness (QED) is 0.454. The summed E-state index contributed by atoms with van der Waals surface area (Å²) in [7, 11) is 0. The number of fused-ring (bicyclic) bond motifs is 1. The van der Waals surface area contributed by atoms with Crippen molar-refractivity contribution < 1.29 is 0 Å². The second kappa shape index (κ2) is 6.58. The molecule has 0 spiro atoms. The first-order valence-electron chi connectivity index (χ1n) is 7.12. The van der Waals surface area contributed by atoms with Crippen LogP contribution in [-0.2, 0) is 0 Å². The average Bonchev–Trinajstić information content (AvgIpc) is 2.97. The Labute approximate surface area is 142 Å². The number of nitrogens with zero attached hydrogens (tertiary/aromatic N) is 2. The summed E-state index contributed by atoms with van der Waals surface area (Å²) in [6.45, 7) is 4.09. The van der Waals surface area contributed by atoms with Gasteiger partial charge in [-0.15, -0.1) is 0 Å². The molecule has 112 valence electrons. The summed E-state index contributed by atoms with van der Waals surface area (Å²) in [5, 5.41) is 5.13. The Hall–Kier alpha value is -1.72. The Balaban J connectivity index is 2.00. The van der Waals surface area contributed by atoms with Gasteiger partial charge in [-0.05, 0) is 52.5 Å². The molecular weight excluding hydrogens is 358 g/mol. The van der Waals surface area contributed by atoms with E-state index in [0.717, 1.165) is 32.0 Å². The van der Waals surface area contributed by atoms with Gasteiger partial charge in [-0.25, -0.2) is 4.98 Å². The van der Waals surface area contributed by atoms with Crippen LogP contribution in [0.1, 0.15) is 20.3 Å². The minimum absolute atomic E-state index is 0.814. The molecule has 1 aromatic heterocycles. The van der Waals surface area contributed by atoms with E-state index >= 15 is 0 Å². The molecule has 0 unspecified atom stereocenters. The molecule has 0 amide bonds. The average molecular weight is 374 g/mol. The van der Waals surface area contributed by atoms with Crippen molar-refractivity contribution in [2.75, 3.05) is 5.43 Å². The second-order valence-corrected chi connectivity index (χ2v) is 6.89. The molecule has 1 heterocycles. The molecule has 0 radical (unpaired) electrons. The maximum absolute atomic E-state index is 4.61. The van der Waals surface area contributed by atoms with Gasteiger partial charge in [-0.2, -0.15) is 5.10 Å². The lowest BCUT2D eigenvalue weighted by molar-refractivity contribution is 1.20. The summed E-state index contributed by atoms with van der Waals surface area (Å²) in [5.41, 5.74) is 7.46. The van der Waals surface area contributed by atoms with Gasteiger partial charge in [0, 0.05) is 10.2 Å². The number of aromatic nitrogens is 1. The topological polar surface area (TPSA) is 37.3 Å². The van der Waals surface area contributed by atoms with E-state index in [0.29, 0.717) is 0 Å². The SMILES string of the molecule is CC/C(C)=N\Nc1nc2c(Br)cc(-c3ccccc3)cc2s1. The predicted molar refractivity (Wildman–Crippen MR) is 99.8 cm³/mol. The molecular formula is C17H16BrN3S. The number of hydrogen-bond donors (Lipinski definition) is 1. The van der Waals surface area contributed by atoms with Crippen molar-refractivity contribution >= 4 is 48.3 Å². The predicted octanol–water partition coefficient (Wildman–Crippen LogP) is 5.92. The first-order chi connectivity index (χ1) is 10.7. The molecule has 3 nitrogen and oxygen atoms in total. The van der Waals surface area contributed by atoms with Crippen molar-refractivity contribution in [1.82, 2.24) is 4.98 Å². The van der Waals surface area contributed by atoms with E-state index < -0.39 is 0 Å². The first-order valence-corrected chi connectivity index (χ1v) is 8.73. The summed E-state index contributed by atoms with van der Waals surface area (Å²) >= 11 is 5.25. The Kier molecular flexibility index (Phi) is 4.55. The minimum atomic E-state index is 0.814. The molecule has 2 aromatic carbocycles. The van der Waals surface area contributed by atoms with Gasteiger partial charge in [-0.3, -0.25) is 5.43 Å². The van der Waals surface area contributed by atoms with Crippen LogP contribution in [0.5, 0.6) is 0 Å².